The van der Waals surface area contributed by atoms with Crippen LogP contribution < -0.4 is 10.0 Å². The van der Waals surface area contributed by atoms with Crippen LogP contribution in [0.5, 0.6) is 0 Å². The first kappa shape index (κ1) is 13.9. The highest BCUT2D eigenvalue weighted by atomic mass is 32.2. The summed E-state index contributed by atoms with van der Waals surface area (Å²) in [7, 11) is -1.33. The van der Waals surface area contributed by atoms with E-state index >= 15 is 0 Å². The summed E-state index contributed by atoms with van der Waals surface area (Å²) in [6.45, 7) is 5.62. The van der Waals surface area contributed by atoms with Crippen LogP contribution in [-0.2, 0) is 10.2 Å². The van der Waals surface area contributed by atoms with E-state index in [2.05, 4.69) is 17.0 Å². The highest BCUT2D eigenvalue weighted by molar-refractivity contribution is 7.87. The first-order valence-corrected chi connectivity index (χ1v) is 7.37. The Hall–Kier alpha value is -0.170. The van der Waals surface area contributed by atoms with Crippen LogP contribution in [0.1, 0.15) is 26.7 Å². The molecule has 16 heavy (non-hydrogen) atoms. The molecule has 0 aromatic rings. The summed E-state index contributed by atoms with van der Waals surface area (Å²) in [5, 5.41) is 3.20. The van der Waals surface area contributed by atoms with Gasteiger partial charge >= 0.3 is 0 Å². The van der Waals surface area contributed by atoms with Gasteiger partial charge in [-0.2, -0.15) is 12.7 Å². The maximum Gasteiger partial charge on any atom is 0.279 e. The summed E-state index contributed by atoms with van der Waals surface area (Å²) in [6.07, 6.45) is 2.04. The highest BCUT2D eigenvalue weighted by Crippen LogP contribution is 2.21. The topological polar surface area (TPSA) is 61.4 Å². The molecule has 96 valence electrons. The van der Waals surface area contributed by atoms with Crippen LogP contribution in [0.4, 0.5) is 0 Å². The van der Waals surface area contributed by atoms with Crippen LogP contribution in [0.15, 0.2) is 0 Å². The van der Waals surface area contributed by atoms with E-state index in [-0.39, 0.29) is 0 Å². The second-order valence-corrected chi connectivity index (χ2v) is 6.10. The van der Waals surface area contributed by atoms with E-state index in [1.54, 1.807) is 11.2 Å². The monoisotopic (exact) mass is 249 g/mol. The van der Waals surface area contributed by atoms with Gasteiger partial charge in [0.25, 0.3) is 10.2 Å². The Kier molecular flexibility index (Phi) is 5.17. The molecule has 2 atom stereocenters. The molecule has 1 saturated heterocycles. The predicted octanol–water partition coefficient (Wildman–Crippen LogP) is 0.161. The summed E-state index contributed by atoms with van der Waals surface area (Å²) in [6, 6.07) is 0.361. The van der Waals surface area contributed by atoms with Crippen molar-refractivity contribution in [2.45, 2.75) is 32.7 Å². The molecule has 1 rings (SSSR count). The van der Waals surface area contributed by atoms with E-state index in [1.807, 2.05) is 7.05 Å². The van der Waals surface area contributed by atoms with Crippen molar-refractivity contribution in [2.75, 3.05) is 26.7 Å². The molecular formula is C10H23N3O2S. The minimum atomic E-state index is -3.25. The zero-order valence-electron chi connectivity index (χ0n) is 10.4. The second-order valence-electron chi connectivity index (χ2n) is 4.34. The Balaban J connectivity index is 2.63. The van der Waals surface area contributed by atoms with Gasteiger partial charge in [0.1, 0.15) is 0 Å². The predicted molar refractivity (Wildman–Crippen MR) is 65.4 cm³/mol. The first-order valence-electron chi connectivity index (χ1n) is 5.93. The Morgan fingerprint density at radius 1 is 1.50 bits per heavy atom. The average Bonchev–Trinajstić information content (AvgIpc) is 2.28. The van der Waals surface area contributed by atoms with Crippen LogP contribution in [-0.4, -0.2) is 45.4 Å². The SMILES string of the molecule is CCNS(=O)(=O)N1CCCC(C(C)NC)C1. The molecule has 1 fully saturated rings. The van der Waals surface area contributed by atoms with Gasteiger partial charge in [0.2, 0.25) is 0 Å². The number of hydrogen-bond donors (Lipinski definition) is 2. The average molecular weight is 249 g/mol. The molecule has 0 spiro atoms. The lowest BCUT2D eigenvalue weighted by atomic mass is 9.93. The lowest BCUT2D eigenvalue weighted by Gasteiger charge is -2.34. The van der Waals surface area contributed by atoms with E-state index in [0.29, 0.717) is 31.6 Å². The minimum Gasteiger partial charge on any atom is -0.317 e. The van der Waals surface area contributed by atoms with Crippen LogP contribution >= 0.6 is 0 Å². The molecule has 2 N–H and O–H groups in total. The Bertz CT molecular complexity index is 305. The van der Waals surface area contributed by atoms with E-state index in [4.69, 9.17) is 0 Å². The Morgan fingerprint density at radius 3 is 2.75 bits per heavy atom. The van der Waals surface area contributed by atoms with E-state index in [9.17, 15) is 8.42 Å². The maximum absolute atomic E-state index is 11.8. The van der Waals surface area contributed by atoms with Crippen molar-refractivity contribution in [2.24, 2.45) is 5.92 Å². The van der Waals surface area contributed by atoms with Gasteiger partial charge in [-0.1, -0.05) is 6.92 Å². The molecule has 1 aliphatic rings. The molecule has 5 nitrogen and oxygen atoms in total. The molecule has 2 unspecified atom stereocenters. The molecule has 0 aromatic carbocycles. The van der Waals surface area contributed by atoms with Crippen molar-refractivity contribution in [3.63, 3.8) is 0 Å². The van der Waals surface area contributed by atoms with Gasteiger partial charge < -0.3 is 5.32 Å². The molecule has 0 radical (unpaired) electrons. The van der Waals surface area contributed by atoms with Crippen LogP contribution in [0.2, 0.25) is 0 Å². The number of hydrogen-bond acceptors (Lipinski definition) is 3. The maximum atomic E-state index is 11.8. The standard InChI is InChI=1S/C10H23N3O2S/c1-4-12-16(14,15)13-7-5-6-10(8-13)9(2)11-3/h9-12H,4-8H2,1-3H3. The summed E-state index contributed by atoms with van der Waals surface area (Å²) in [5.74, 6) is 0.409. The van der Waals surface area contributed by atoms with Crippen molar-refractivity contribution in [1.82, 2.24) is 14.3 Å². The zero-order chi connectivity index (χ0) is 12.2. The second kappa shape index (κ2) is 5.95. The molecule has 6 heteroatoms. The van der Waals surface area contributed by atoms with Gasteiger partial charge in [-0.25, -0.2) is 4.72 Å². The van der Waals surface area contributed by atoms with Crippen molar-refractivity contribution in [3.05, 3.63) is 0 Å². The zero-order valence-corrected chi connectivity index (χ0v) is 11.2. The van der Waals surface area contributed by atoms with Gasteiger partial charge in [-0.3, -0.25) is 0 Å². The van der Waals surface area contributed by atoms with E-state index in [0.717, 1.165) is 12.8 Å². The summed E-state index contributed by atoms with van der Waals surface area (Å²) >= 11 is 0. The highest BCUT2D eigenvalue weighted by Gasteiger charge is 2.30. The number of rotatable bonds is 5. The van der Waals surface area contributed by atoms with Gasteiger partial charge in [0, 0.05) is 25.7 Å². The lowest BCUT2D eigenvalue weighted by molar-refractivity contribution is 0.227. The molecule has 1 aliphatic heterocycles. The molecule has 0 aromatic heterocycles. The summed E-state index contributed by atoms with van der Waals surface area (Å²) in [5.41, 5.74) is 0. The fraction of sp³-hybridized carbons (Fsp3) is 1.00. The van der Waals surface area contributed by atoms with E-state index in [1.165, 1.54) is 0 Å². The van der Waals surface area contributed by atoms with Crippen molar-refractivity contribution in [3.8, 4) is 0 Å². The van der Waals surface area contributed by atoms with Crippen LogP contribution in [0, 0.1) is 5.92 Å². The fourth-order valence-electron chi connectivity index (χ4n) is 2.11. The van der Waals surface area contributed by atoms with Gasteiger partial charge in [0.15, 0.2) is 0 Å². The Labute approximate surface area is 98.8 Å². The third-order valence-corrected chi connectivity index (χ3v) is 4.91. The number of nitrogens with zero attached hydrogens (tertiary/aromatic N) is 1. The first-order chi connectivity index (χ1) is 7.51. The van der Waals surface area contributed by atoms with Gasteiger partial charge in [-0.05, 0) is 32.7 Å². The number of nitrogens with one attached hydrogen (secondary N) is 2. The van der Waals surface area contributed by atoms with Crippen LogP contribution in [0.25, 0.3) is 0 Å². The normalized spacial score (nSPS) is 25.6. The molecule has 1 heterocycles. The van der Waals surface area contributed by atoms with Crippen molar-refractivity contribution >= 4 is 10.2 Å². The third-order valence-electron chi connectivity index (χ3n) is 3.25. The van der Waals surface area contributed by atoms with Crippen molar-refractivity contribution in [1.29, 1.82) is 0 Å². The summed E-state index contributed by atoms with van der Waals surface area (Å²) < 4.78 is 27.8. The smallest absolute Gasteiger partial charge is 0.279 e. The van der Waals surface area contributed by atoms with Gasteiger partial charge in [-0.15, -0.1) is 0 Å². The molecule has 0 bridgehead atoms. The fourth-order valence-corrected chi connectivity index (χ4v) is 3.41. The quantitative estimate of drug-likeness (QED) is 0.730. The molecule has 0 amide bonds. The summed E-state index contributed by atoms with van der Waals surface area (Å²) in [4.78, 5) is 0. The minimum absolute atomic E-state index is 0.361. The van der Waals surface area contributed by atoms with Gasteiger partial charge in [0.05, 0.1) is 0 Å². The third kappa shape index (κ3) is 3.41. The Morgan fingerprint density at radius 2 is 2.19 bits per heavy atom. The molecule has 0 saturated carbocycles. The molecular weight excluding hydrogens is 226 g/mol. The lowest BCUT2D eigenvalue weighted by Crippen LogP contribution is -2.49. The van der Waals surface area contributed by atoms with Crippen LogP contribution in [0.3, 0.4) is 0 Å². The van der Waals surface area contributed by atoms with Crippen molar-refractivity contribution < 1.29 is 8.42 Å². The number of piperidine rings is 1. The molecule has 0 aliphatic carbocycles. The van der Waals surface area contributed by atoms with E-state index < -0.39 is 10.2 Å². The largest absolute Gasteiger partial charge is 0.317 e.